The van der Waals surface area contributed by atoms with Crippen LogP contribution >= 0.6 is 12.4 Å². The molecule has 3 N–H and O–H groups in total. The van der Waals surface area contributed by atoms with Crippen molar-refractivity contribution in [3.05, 3.63) is 29.8 Å². The van der Waals surface area contributed by atoms with Crippen LogP contribution in [-0.2, 0) is 4.79 Å². The molecule has 1 aromatic rings. The summed E-state index contributed by atoms with van der Waals surface area (Å²) in [5.41, 5.74) is 5.71. The third-order valence-electron chi connectivity index (χ3n) is 4.41. The molecule has 0 aliphatic heterocycles. The molecule has 0 bridgehead atoms. The number of nitrogens with one attached hydrogen (secondary N) is 1. The monoisotopic (exact) mass is 394 g/mol. The fourth-order valence-electron chi connectivity index (χ4n) is 3.31. The normalized spacial score (nSPS) is 21.5. The fourth-order valence-corrected chi connectivity index (χ4v) is 3.31. The van der Waals surface area contributed by atoms with Gasteiger partial charge >= 0.3 is 6.36 Å². The van der Waals surface area contributed by atoms with E-state index in [2.05, 4.69) is 10.1 Å². The Morgan fingerprint density at radius 3 is 2.50 bits per heavy atom. The summed E-state index contributed by atoms with van der Waals surface area (Å²) in [4.78, 5) is 12.5. The van der Waals surface area contributed by atoms with E-state index < -0.39 is 11.9 Å². The van der Waals surface area contributed by atoms with Crippen molar-refractivity contribution in [1.29, 1.82) is 0 Å². The van der Waals surface area contributed by atoms with E-state index in [1.54, 1.807) is 12.1 Å². The first-order valence-corrected chi connectivity index (χ1v) is 8.41. The molecule has 1 aromatic carbocycles. The largest absolute Gasteiger partial charge is 0.573 e. The van der Waals surface area contributed by atoms with Crippen molar-refractivity contribution in [2.24, 2.45) is 17.6 Å². The van der Waals surface area contributed by atoms with Gasteiger partial charge in [-0.2, -0.15) is 0 Å². The zero-order valence-electron chi connectivity index (χ0n) is 15.1. The maximum absolute atomic E-state index is 12.5. The van der Waals surface area contributed by atoms with Gasteiger partial charge in [-0.15, -0.1) is 25.6 Å². The van der Waals surface area contributed by atoms with Crippen LogP contribution in [0.5, 0.6) is 5.75 Å². The molecule has 0 spiro atoms. The lowest BCUT2D eigenvalue weighted by molar-refractivity contribution is -0.274. The SMILES string of the molecule is CC(C)CC(C)(CN)NC(=O)C1CC1c1ccccc1OC(F)(F)F.Cl. The van der Waals surface area contributed by atoms with Crippen LogP contribution in [0.3, 0.4) is 0 Å². The van der Waals surface area contributed by atoms with E-state index in [1.807, 2.05) is 20.8 Å². The van der Waals surface area contributed by atoms with E-state index in [0.717, 1.165) is 6.42 Å². The molecule has 1 aliphatic rings. The molecule has 4 nitrogen and oxygen atoms in total. The molecule has 0 radical (unpaired) electrons. The maximum atomic E-state index is 12.5. The van der Waals surface area contributed by atoms with Crippen molar-refractivity contribution in [2.75, 3.05) is 6.54 Å². The van der Waals surface area contributed by atoms with Gasteiger partial charge in [-0.05, 0) is 43.2 Å². The number of para-hydroxylation sites is 1. The molecule has 8 heteroatoms. The highest BCUT2D eigenvalue weighted by molar-refractivity contribution is 5.85. The van der Waals surface area contributed by atoms with Gasteiger partial charge in [0.25, 0.3) is 0 Å². The molecule has 0 heterocycles. The van der Waals surface area contributed by atoms with E-state index in [1.165, 1.54) is 12.1 Å². The summed E-state index contributed by atoms with van der Waals surface area (Å²) in [6.45, 7) is 6.29. The summed E-state index contributed by atoms with van der Waals surface area (Å²) in [7, 11) is 0. The molecule has 1 aliphatic carbocycles. The van der Waals surface area contributed by atoms with Crippen LogP contribution in [0.4, 0.5) is 13.2 Å². The van der Waals surface area contributed by atoms with Crippen molar-refractivity contribution in [2.45, 2.75) is 51.4 Å². The molecular formula is C18H26ClF3N2O2. The fraction of sp³-hybridized carbons (Fsp3) is 0.611. The Labute approximate surface area is 158 Å². The van der Waals surface area contributed by atoms with Crippen molar-refractivity contribution in [3.8, 4) is 5.75 Å². The molecule has 1 saturated carbocycles. The summed E-state index contributed by atoms with van der Waals surface area (Å²) in [6, 6.07) is 5.99. The lowest BCUT2D eigenvalue weighted by Crippen LogP contribution is -2.52. The van der Waals surface area contributed by atoms with Crippen molar-refractivity contribution >= 4 is 18.3 Å². The van der Waals surface area contributed by atoms with E-state index in [4.69, 9.17) is 5.73 Å². The number of carbonyl (C=O) groups is 1. The number of carbonyl (C=O) groups excluding carboxylic acids is 1. The molecule has 148 valence electrons. The molecular weight excluding hydrogens is 369 g/mol. The second kappa shape index (κ2) is 8.48. The topological polar surface area (TPSA) is 64.3 Å². The quantitative estimate of drug-likeness (QED) is 0.735. The average molecular weight is 395 g/mol. The van der Waals surface area contributed by atoms with E-state index in [-0.39, 0.29) is 35.9 Å². The first-order valence-electron chi connectivity index (χ1n) is 8.41. The van der Waals surface area contributed by atoms with Gasteiger partial charge in [0.2, 0.25) is 5.91 Å². The maximum Gasteiger partial charge on any atom is 0.573 e. The highest BCUT2D eigenvalue weighted by Crippen LogP contribution is 2.51. The molecule has 0 saturated heterocycles. The third-order valence-corrected chi connectivity index (χ3v) is 4.41. The van der Waals surface area contributed by atoms with Crippen molar-refractivity contribution in [1.82, 2.24) is 5.32 Å². The number of hydrogen-bond acceptors (Lipinski definition) is 3. The minimum atomic E-state index is -4.75. The number of halogens is 4. The van der Waals surface area contributed by atoms with Crippen LogP contribution < -0.4 is 15.8 Å². The zero-order chi connectivity index (χ0) is 18.8. The lowest BCUT2D eigenvalue weighted by Gasteiger charge is -2.31. The Bertz CT molecular complexity index is 625. The van der Waals surface area contributed by atoms with E-state index >= 15 is 0 Å². The second-order valence-corrected chi connectivity index (χ2v) is 7.39. The van der Waals surface area contributed by atoms with Crippen LogP contribution in [-0.4, -0.2) is 24.4 Å². The summed E-state index contributed by atoms with van der Waals surface area (Å²) in [5.74, 6) is -0.653. The Morgan fingerprint density at radius 2 is 1.96 bits per heavy atom. The van der Waals surface area contributed by atoms with E-state index in [0.29, 0.717) is 24.4 Å². The van der Waals surface area contributed by atoms with Gasteiger partial charge in [0.1, 0.15) is 5.75 Å². The Kier molecular flexibility index (Phi) is 7.36. The summed E-state index contributed by atoms with van der Waals surface area (Å²) < 4.78 is 41.7. The standard InChI is InChI=1S/C18H25F3N2O2.ClH/c1-11(2)9-17(3,10-22)23-16(24)14-8-13(14)12-6-4-5-7-15(12)25-18(19,20)21;/h4-7,11,13-14H,8-10,22H2,1-3H3,(H,23,24);1H. The highest BCUT2D eigenvalue weighted by atomic mass is 35.5. The molecule has 0 aromatic heterocycles. The summed E-state index contributed by atoms with van der Waals surface area (Å²) in [6.07, 6.45) is -3.51. The Balaban J connectivity index is 0.00000338. The minimum absolute atomic E-state index is 0. The van der Waals surface area contributed by atoms with Gasteiger partial charge in [0, 0.05) is 18.0 Å². The number of benzene rings is 1. The van der Waals surface area contributed by atoms with Crippen molar-refractivity contribution in [3.63, 3.8) is 0 Å². The molecule has 1 fully saturated rings. The highest BCUT2D eigenvalue weighted by Gasteiger charge is 2.47. The molecule has 3 atom stereocenters. The van der Waals surface area contributed by atoms with Crippen LogP contribution in [0.25, 0.3) is 0 Å². The molecule has 2 rings (SSSR count). The Hall–Kier alpha value is -1.47. The average Bonchev–Trinajstić information content (AvgIpc) is 3.25. The number of nitrogens with two attached hydrogens (primary N) is 1. The molecule has 26 heavy (non-hydrogen) atoms. The van der Waals surface area contributed by atoms with Gasteiger partial charge in [-0.25, -0.2) is 0 Å². The summed E-state index contributed by atoms with van der Waals surface area (Å²) >= 11 is 0. The molecule has 1 amide bonds. The van der Waals surface area contributed by atoms with E-state index in [9.17, 15) is 18.0 Å². The number of ether oxygens (including phenoxy) is 1. The number of rotatable bonds is 7. The smallest absolute Gasteiger partial charge is 0.405 e. The predicted octanol–water partition coefficient (Wildman–Crippen LogP) is 3.99. The first kappa shape index (κ1) is 22.6. The van der Waals surface area contributed by atoms with Crippen LogP contribution in [0, 0.1) is 11.8 Å². The van der Waals surface area contributed by atoms with Crippen LogP contribution in [0.1, 0.15) is 45.1 Å². The zero-order valence-corrected chi connectivity index (χ0v) is 15.9. The Morgan fingerprint density at radius 1 is 1.35 bits per heavy atom. The third kappa shape index (κ3) is 6.06. The number of hydrogen-bond donors (Lipinski definition) is 2. The van der Waals surface area contributed by atoms with Gasteiger partial charge < -0.3 is 15.8 Å². The predicted molar refractivity (Wildman–Crippen MR) is 96.3 cm³/mol. The number of amides is 1. The van der Waals surface area contributed by atoms with Crippen molar-refractivity contribution < 1.29 is 22.7 Å². The summed E-state index contributed by atoms with van der Waals surface area (Å²) in [5, 5.41) is 2.98. The van der Waals surface area contributed by atoms with Gasteiger partial charge in [0.15, 0.2) is 0 Å². The first-order chi connectivity index (χ1) is 11.5. The molecule has 3 unspecified atom stereocenters. The lowest BCUT2D eigenvalue weighted by atomic mass is 9.90. The minimum Gasteiger partial charge on any atom is -0.405 e. The van der Waals surface area contributed by atoms with Crippen LogP contribution in [0.2, 0.25) is 0 Å². The van der Waals surface area contributed by atoms with Gasteiger partial charge in [-0.3, -0.25) is 4.79 Å². The van der Waals surface area contributed by atoms with Gasteiger partial charge in [0.05, 0.1) is 0 Å². The number of alkyl halides is 3. The van der Waals surface area contributed by atoms with Crippen LogP contribution in [0.15, 0.2) is 24.3 Å². The second-order valence-electron chi connectivity index (χ2n) is 7.39. The van der Waals surface area contributed by atoms with Gasteiger partial charge in [-0.1, -0.05) is 32.0 Å².